The fraction of sp³-hybridized carbons (Fsp3) is 0.375. The van der Waals surface area contributed by atoms with Crippen molar-refractivity contribution in [2.45, 2.75) is 32.0 Å². The summed E-state index contributed by atoms with van der Waals surface area (Å²) in [7, 11) is 0. The number of hydrogen-bond acceptors (Lipinski definition) is 5. The normalized spacial score (nSPS) is 16.4. The maximum Gasteiger partial charge on any atom is 0.325 e. The number of nitrogens with one attached hydrogen (secondary N) is 1. The number of amides is 1. The van der Waals surface area contributed by atoms with Crippen molar-refractivity contribution in [3.8, 4) is 0 Å². The summed E-state index contributed by atoms with van der Waals surface area (Å²) in [5.41, 5.74) is 2.79. The van der Waals surface area contributed by atoms with E-state index in [-0.39, 0.29) is 31.5 Å². The Morgan fingerprint density at radius 3 is 3.04 bits per heavy atom. The standard InChI is InChI=1S/C16H18N4O4/c21-15(17-8-12-9-20(19-18-12)10-16(22)23)7-14-13-4-2-1-3-11(13)5-6-24-14/h1-4,9,14H,5-8,10H2,(H,17,21)(H,22,23). The average molecular weight is 330 g/mol. The molecule has 1 unspecified atom stereocenters. The minimum Gasteiger partial charge on any atom is -0.480 e. The van der Waals surface area contributed by atoms with Crippen LogP contribution >= 0.6 is 0 Å². The molecule has 1 aromatic carbocycles. The molecule has 0 fully saturated rings. The average Bonchev–Trinajstić information content (AvgIpc) is 3.00. The summed E-state index contributed by atoms with van der Waals surface area (Å²) in [4.78, 5) is 22.7. The maximum atomic E-state index is 12.1. The molecule has 1 atom stereocenters. The molecule has 0 saturated carbocycles. The highest BCUT2D eigenvalue weighted by molar-refractivity contribution is 5.76. The summed E-state index contributed by atoms with van der Waals surface area (Å²) < 4.78 is 6.93. The van der Waals surface area contributed by atoms with E-state index in [0.29, 0.717) is 12.3 Å². The van der Waals surface area contributed by atoms with Crippen LogP contribution in [-0.2, 0) is 33.8 Å². The van der Waals surface area contributed by atoms with E-state index >= 15 is 0 Å². The van der Waals surface area contributed by atoms with Gasteiger partial charge in [-0.1, -0.05) is 29.5 Å². The highest BCUT2D eigenvalue weighted by Crippen LogP contribution is 2.29. The van der Waals surface area contributed by atoms with E-state index in [0.717, 1.165) is 12.0 Å². The lowest BCUT2D eigenvalue weighted by Crippen LogP contribution is -2.27. The van der Waals surface area contributed by atoms with E-state index < -0.39 is 5.97 Å². The van der Waals surface area contributed by atoms with Crippen molar-refractivity contribution in [1.29, 1.82) is 0 Å². The van der Waals surface area contributed by atoms with Crippen LogP contribution in [0.25, 0.3) is 0 Å². The minimum absolute atomic E-state index is 0.149. The molecule has 126 valence electrons. The number of ether oxygens (including phenoxy) is 1. The fourth-order valence-electron chi connectivity index (χ4n) is 2.71. The smallest absolute Gasteiger partial charge is 0.325 e. The van der Waals surface area contributed by atoms with Crippen molar-refractivity contribution in [2.24, 2.45) is 0 Å². The first-order chi connectivity index (χ1) is 11.6. The van der Waals surface area contributed by atoms with Crippen LogP contribution in [0.15, 0.2) is 30.5 Å². The number of carboxylic acid groups (broad SMARTS) is 1. The molecule has 24 heavy (non-hydrogen) atoms. The molecule has 2 aromatic rings. The first kappa shape index (κ1) is 16.1. The van der Waals surface area contributed by atoms with Gasteiger partial charge in [-0.25, -0.2) is 4.68 Å². The molecule has 0 bridgehead atoms. The van der Waals surface area contributed by atoms with Crippen molar-refractivity contribution in [1.82, 2.24) is 20.3 Å². The van der Waals surface area contributed by atoms with Crippen LogP contribution in [0.4, 0.5) is 0 Å². The number of carbonyl (C=O) groups is 2. The zero-order valence-electron chi connectivity index (χ0n) is 13.0. The number of aromatic nitrogens is 3. The van der Waals surface area contributed by atoms with Gasteiger partial charge in [0.1, 0.15) is 12.2 Å². The number of carbonyl (C=O) groups excluding carboxylic acids is 1. The fourth-order valence-corrected chi connectivity index (χ4v) is 2.71. The molecule has 1 aromatic heterocycles. The van der Waals surface area contributed by atoms with Crippen LogP contribution in [-0.4, -0.2) is 38.6 Å². The SMILES string of the molecule is O=C(O)Cn1cc(CNC(=O)CC2OCCc3ccccc32)nn1. The summed E-state index contributed by atoms with van der Waals surface area (Å²) >= 11 is 0. The van der Waals surface area contributed by atoms with E-state index in [4.69, 9.17) is 9.84 Å². The predicted molar refractivity (Wildman–Crippen MR) is 83.0 cm³/mol. The lowest BCUT2D eigenvalue weighted by Gasteiger charge is -2.25. The van der Waals surface area contributed by atoms with E-state index in [1.807, 2.05) is 18.2 Å². The number of nitrogens with zero attached hydrogens (tertiary/aromatic N) is 3. The summed E-state index contributed by atoms with van der Waals surface area (Å²) in [6, 6.07) is 7.98. The summed E-state index contributed by atoms with van der Waals surface area (Å²) in [6.45, 7) is 0.555. The maximum absolute atomic E-state index is 12.1. The first-order valence-corrected chi connectivity index (χ1v) is 7.68. The van der Waals surface area contributed by atoms with Crippen molar-refractivity contribution < 1.29 is 19.4 Å². The van der Waals surface area contributed by atoms with Crippen LogP contribution in [0.3, 0.4) is 0 Å². The van der Waals surface area contributed by atoms with Crippen molar-refractivity contribution in [2.75, 3.05) is 6.61 Å². The van der Waals surface area contributed by atoms with Crippen LogP contribution in [0.5, 0.6) is 0 Å². The van der Waals surface area contributed by atoms with Gasteiger partial charge in [-0.05, 0) is 17.5 Å². The van der Waals surface area contributed by atoms with Crippen LogP contribution < -0.4 is 5.32 Å². The quantitative estimate of drug-likeness (QED) is 0.807. The Morgan fingerprint density at radius 2 is 2.21 bits per heavy atom. The number of benzene rings is 1. The second kappa shape index (κ2) is 7.22. The Kier molecular flexibility index (Phi) is 4.85. The molecule has 1 aliphatic heterocycles. The Bertz CT molecular complexity index is 743. The van der Waals surface area contributed by atoms with Gasteiger partial charge in [0.2, 0.25) is 5.91 Å². The van der Waals surface area contributed by atoms with Crippen LogP contribution in [0, 0.1) is 0 Å². The van der Waals surface area contributed by atoms with Gasteiger partial charge in [-0.15, -0.1) is 5.10 Å². The largest absolute Gasteiger partial charge is 0.480 e. The van der Waals surface area contributed by atoms with Gasteiger partial charge in [0.25, 0.3) is 0 Å². The van der Waals surface area contributed by atoms with Gasteiger partial charge in [0.05, 0.1) is 31.9 Å². The number of aliphatic carboxylic acids is 1. The summed E-state index contributed by atoms with van der Waals surface area (Å²) in [5.74, 6) is -1.15. The topological polar surface area (TPSA) is 106 Å². The summed E-state index contributed by atoms with van der Waals surface area (Å²) in [6.07, 6.45) is 2.36. The Balaban J connectivity index is 1.53. The molecule has 0 spiro atoms. The molecule has 8 nitrogen and oxygen atoms in total. The molecule has 0 aliphatic carbocycles. The van der Waals surface area contributed by atoms with Crippen LogP contribution in [0.2, 0.25) is 0 Å². The Hall–Kier alpha value is -2.74. The van der Waals surface area contributed by atoms with E-state index in [9.17, 15) is 9.59 Å². The van der Waals surface area contributed by atoms with Gasteiger partial charge >= 0.3 is 5.97 Å². The van der Waals surface area contributed by atoms with Gasteiger partial charge in [-0.3, -0.25) is 9.59 Å². The Labute approximate surface area is 138 Å². The second-order valence-corrected chi connectivity index (χ2v) is 5.59. The number of hydrogen-bond donors (Lipinski definition) is 2. The molecule has 3 rings (SSSR count). The zero-order chi connectivity index (χ0) is 16.9. The molecule has 2 N–H and O–H groups in total. The molecule has 2 heterocycles. The molecule has 0 saturated heterocycles. The van der Waals surface area contributed by atoms with Crippen molar-refractivity contribution in [3.05, 3.63) is 47.3 Å². The minimum atomic E-state index is -0.997. The molecule has 8 heteroatoms. The zero-order valence-corrected chi connectivity index (χ0v) is 13.0. The number of rotatable bonds is 6. The van der Waals surface area contributed by atoms with E-state index in [2.05, 4.69) is 21.7 Å². The highest BCUT2D eigenvalue weighted by Gasteiger charge is 2.23. The highest BCUT2D eigenvalue weighted by atomic mass is 16.5. The molecule has 0 radical (unpaired) electrons. The van der Waals surface area contributed by atoms with Gasteiger partial charge < -0.3 is 15.2 Å². The molecular formula is C16H18N4O4. The number of carboxylic acids is 1. The first-order valence-electron chi connectivity index (χ1n) is 7.68. The van der Waals surface area contributed by atoms with Gasteiger partial charge in [0.15, 0.2) is 0 Å². The third-order valence-electron chi connectivity index (χ3n) is 3.81. The van der Waals surface area contributed by atoms with E-state index in [1.54, 1.807) is 0 Å². The van der Waals surface area contributed by atoms with Crippen molar-refractivity contribution >= 4 is 11.9 Å². The van der Waals surface area contributed by atoms with Crippen LogP contribution in [0.1, 0.15) is 29.3 Å². The van der Waals surface area contributed by atoms with Gasteiger partial charge in [-0.2, -0.15) is 0 Å². The second-order valence-electron chi connectivity index (χ2n) is 5.59. The summed E-state index contributed by atoms with van der Waals surface area (Å²) in [5, 5.41) is 19.0. The lowest BCUT2D eigenvalue weighted by molar-refractivity contribution is -0.138. The molecule has 1 amide bonds. The molecule has 1 aliphatic rings. The monoisotopic (exact) mass is 330 g/mol. The van der Waals surface area contributed by atoms with Crippen molar-refractivity contribution in [3.63, 3.8) is 0 Å². The predicted octanol–water partition coefficient (Wildman–Crippen LogP) is 0.683. The lowest BCUT2D eigenvalue weighted by atomic mass is 9.95. The molecular weight excluding hydrogens is 312 g/mol. The van der Waals surface area contributed by atoms with E-state index in [1.165, 1.54) is 16.4 Å². The third-order valence-corrected chi connectivity index (χ3v) is 3.81. The number of fused-ring (bicyclic) bond motifs is 1. The van der Waals surface area contributed by atoms with Gasteiger partial charge in [0, 0.05) is 0 Å². The Morgan fingerprint density at radius 1 is 1.38 bits per heavy atom. The third kappa shape index (κ3) is 3.96.